The molecule has 0 spiro atoms. The van der Waals surface area contributed by atoms with E-state index in [1.165, 1.54) is 6.92 Å². The summed E-state index contributed by atoms with van der Waals surface area (Å²) in [6.07, 6.45) is -6.82. The number of benzene rings is 1. The second-order valence-electron chi connectivity index (χ2n) is 3.27. The average molecular weight is 236 g/mol. The molecule has 0 aromatic heterocycles. The first kappa shape index (κ1) is 12.5. The van der Waals surface area contributed by atoms with Gasteiger partial charge in [-0.05, 0) is 24.6 Å². The lowest BCUT2D eigenvalue weighted by Crippen LogP contribution is -2.10. The van der Waals surface area contributed by atoms with Crippen molar-refractivity contribution in [2.75, 3.05) is 0 Å². The Hall–Kier alpha value is -1.59. The van der Waals surface area contributed by atoms with E-state index in [1.54, 1.807) is 0 Å². The maximum Gasteiger partial charge on any atom is 0.416 e. The van der Waals surface area contributed by atoms with Crippen LogP contribution in [-0.4, -0.2) is 11.1 Å². The lowest BCUT2D eigenvalue weighted by atomic mass is 10.0. The van der Waals surface area contributed by atoms with Crippen molar-refractivity contribution < 1.29 is 27.5 Å². The van der Waals surface area contributed by atoms with Crippen LogP contribution in [-0.2, 0) is 11.0 Å². The van der Waals surface area contributed by atoms with Gasteiger partial charge in [0.15, 0.2) is 0 Å². The number of aryl methyl sites for hydroxylation is 1. The van der Waals surface area contributed by atoms with Crippen LogP contribution in [0.1, 0.15) is 22.9 Å². The molecule has 0 aliphatic heterocycles. The minimum atomic E-state index is -4.52. The van der Waals surface area contributed by atoms with Crippen LogP contribution in [0, 0.1) is 6.92 Å². The molecule has 0 amide bonds. The van der Waals surface area contributed by atoms with Gasteiger partial charge in [0.2, 0.25) is 6.17 Å². The van der Waals surface area contributed by atoms with E-state index >= 15 is 0 Å². The Balaban J connectivity index is 3.15. The van der Waals surface area contributed by atoms with Gasteiger partial charge in [-0.15, -0.1) is 0 Å². The molecular formula is C10H8F4O2. The summed E-state index contributed by atoms with van der Waals surface area (Å²) in [7, 11) is 0. The zero-order chi connectivity index (χ0) is 12.5. The van der Waals surface area contributed by atoms with E-state index in [0.29, 0.717) is 6.07 Å². The minimum Gasteiger partial charge on any atom is -0.479 e. The Bertz CT molecular complexity index is 412. The topological polar surface area (TPSA) is 37.3 Å². The van der Waals surface area contributed by atoms with Crippen molar-refractivity contribution in [3.05, 3.63) is 34.9 Å². The second kappa shape index (κ2) is 4.11. The summed E-state index contributed by atoms with van der Waals surface area (Å²) in [5.41, 5.74) is -1.23. The van der Waals surface area contributed by atoms with Crippen LogP contribution in [0.5, 0.6) is 0 Å². The fourth-order valence-electron chi connectivity index (χ4n) is 1.27. The highest BCUT2D eigenvalue weighted by molar-refractivity contribution is 5.74. The highest BCUT2D eigenvalue weighted by Crippen LogP contribution is 2.32. The summed E-state index contributed by atoms with van der Waals surface area (Å²) in [6.45, 7) is 1.24. The zero-order valence-electron chi connectivity index (χ0n) is 8.18. The second-order valence-corrected chi connectivity index (χ2v) is 3.27. The number of halogens is 4. The number of hydrogen-bond donors (Lipinski definition) is 1. The number of aliphatic carboxylic acids is 1. The average Bonchev–Trinajstić information content (AvgIpc) is 2.15. The molecule has 0 fully saturated rings. The Morgan fingerprint density at radius 3 is 2.31 bits per heavy atom. The number of carboxylic acid groups (broad SMARTS) is 1. The standard InChI is InChI=1S/C10H8F4O2/c1-5-4-6(10(12,13)14)2-3-7(5)8(11)9(15)16/h2-4,8H,1H3,(H,15,16). The van der Waals surface area contributed by atoms with Gasteiger partial charge in [-0.2, -0.15) is 13.2 Å². The first-order valence-electron chi connectivity index (χ1n) is 4.28. The lowest BCUT2D eigenvalue weighted by Gasteiger charge is -2.11. The Morgan fingerprint density at radius 2 is 1.94 bits per heavy atom. The molecule has 1 N–H and O–H groups in total. The van der Waals surface area contributed by atoms with Gasteiger partial charge >= 0.3 is 12.1 Å². The number of carbonyl (C=O) groups is 1. The smallest absolute Gasteiger partial charge is 0.416 e. The molecule has 1 aromatic rings. The first-order valence-corrected chi connectivity index (χ1v) is 4.28. The Kier molecular flexibility index (Phi) is 3.21. The van der Waals surface area contributed by atoms with Crippen molar-refractivity contribution in [2.24, 2.45) is 0 Å². The largest absolute Gasteiger partial charge is 0.479 e. The summed E-state index contributed by atoms with van der Waals surface area (Å²) in [4.78, 5) is 10.3. The third-order valence-electron chi connectivity index (χ3n) is 2.09. The molecule has 1 aromatic carbocycles. The summed E-state index contributed by atoms with van der Waals surface area (Å²) >= 11 is 0. The molecule has 0 heterocycles. The zero-order valence-corrected chi connectivity index (χ0v) is 8.18. The molecule has 1 unspecified atom stereocenters. The molecule has 0 aliphatic carbocycles. The fourth-order valence-corrected chi connectivity index (χ4v) is 1.27. The minimum absolute atomic E-state index is 0.0373. The molecule has 1 atom stereocenters. The normalized spacial score (nSPS) is 13.6. The van der Waals surface area contributed by atoms with Gasteiger partial charge < -0.3 is 5.11 Å². The van der Waals surface area contributed by atoms with Crippen molar-refractivity contribution in [3.63, 3.8) is 0 Å². The highest BCUT2D eigenvalue weighted by atomic mass is 19.4. The molecule has 88 valence electrons. The first-order chi connectivity index (χ1) is 7.23. The van der Waals surface area contributed by atoms with E-state index in [0.717, 1.165) is 12.1 Å². The van der Waals surface area contributed by atoms with Crippen LogP contribution in [0.25, 0.3) is 0 Å². The molecule has 2 nitrogen and oxygen atoms in total. The third-order valence-corrected chi connectivity index (χ3v) is 2.09. The van der Waals surface area contributed by atoms with Crippen molar-refractivity contribution >= 4 is 5.97 Å². The van der Waals surface area contributed by atoms with Gasteiger partial charge in [-0.25, -0.2) is 9.18 Å². The molecule has 0 saturated heterocycles. The van der Waals surface area contributed by atoms with Gasteiger partial charge in [0.25, 0.3) is 0 Å². The predicted molar refractivity (Wildman–Crippen MR) is 47.7 cm³/mol. The van der Waals surface area contributed by atoms with Gasteiger partial charge in [0.1, 0.15) is 0 Å². The number of hydrogen-bond acceptors (Lipinski definition) is 1. The maximum absolute atomic E-state index is 13.1. The van der Waals surface area contributed by atoms with E-state index < -0.39 is 23.9 Å². The van der Waals surface area contributed by atoms with Gasteiger partial charge in [0, 0.05) is 5.56 Å². The predicted octanol–water partition coefficient (Wildman–Crippen LogP) is 3.11. The van der Waals surface area contributed by atoms with Crippen LogP contribution >= 0.6 is 0 Å². The Labute approximate surface area is 88.5 Å². The molecule has 1 rings (SSSR count). The van der Waals surface area contributed by atoms with Crippen LogP contribution in [0.3, 0.4) is 0 Å². The van der Waals surface area contributed by atoms with Crippen LogP contribution < -0.4 is 0 Å². The third kappa shape index (κ3) is 2.50. The molecule has 16 heavy (non-hydrogen) atoms. The van der Waals surface area contributed by atoms with Crippen LogP contribution in [0.4, 0.5) is 17.6 Å². The van der Waals surface area contributed by atoms with Crippen LogP contribution in [0.15, 0.2) is 18.2 Å². The van der Waals surface area contributed by atoms with Crippen molar-refractivity contribution in [1.82, 2.24) is 0 Å². The molecule has 0 aliphatic rings. The van der Waals surface area contributed by atoms with Crippen molar-refractivity contribution in [2.45, 2.75) is 19.3 Å². The summed E-state index contributed by atoms with van der Waals surface area (Å²) in [5, 5.41) is 8.39. The van der Waals surface area contributed by atoms with Crippen molar-refractivity contribution in [3.8, 4) is 0 Å². The summed E-state index contributed by atoms with van der Waals surface area (Å²) < 4.78 is 49.8. The van der Waals surface area contributed by atoms with E-state index in [-0.39, 0.29) is 11.1 Å². The van der Waals surface area contributed by atoms with Crippen LogP contribution in [0.2, 0.25) is 0 Å². The summed E-state index contributed by atoms with van der Waals surface area (Å²) in [6, 6.07) is 2.24. The SMILES string of the molecule is Cc1cc(C(F)(F)F)ccc1C(F)C(=O)O. The molecule has 0 saturated carbocycles. The molecule has 0 bridgehead atoms. The number of rotatable bonds is 2. The van der Waals surface area contributed by atoms with E-state index in [9.17, 15) is 22.4 Å². The Morgan fingerprint density at radius 1 is 1.38 bits per heavy atom. The number of alkyl halides is 4. The fraction of sp³-hybridized carbons (Fsp3) is 0.300. The van der Waals surface area contributed by atoms with Crippen molar-refractivity contribution in [1.29, 1.82) is 0 Å². The molecule has 6 heteroatoms. The summed E-state index contributed by atoms with van der Waals surface area (Å²) in [5.74, 6) is -1.72. The van der Waals surface area contributed by atoms with Gasteiger partial charge in [0.05, 0.1) is 5.56 Å². The number of carboxylic acids is 1. The lowest BCUT2D eigenvalue weighted by molar-refractivity contribution is -0.143. The molecular weight excluding hydrogens is 228 g/mol. The molecule has 0 radical (unpaired) electrons. The maximum atomic E-state index is 13.1. The monoisotopic (exact) mass is 236 g/mol. The van der Waals surface area contributed by atoms with Gasteiger partial charge in [-0.1, -0.05) is 6.07 Å². The van der Waals surface area contributed by atoms with Gasteiger partial charge in [-0.3, -0.25) is 0 Å². The quantitative estimate of drug-likeness (QED) is 0.801. The van der Waals surface area contributed by atoms with E-state index in [4.69, 9.17) is 5.11 Å². The van der Waals surface area contributed by atoms with E-state index in [1.807, 2.05) is 0 Å². The highest BCUT2D eigenvalue weighted by Gasteiger charge is 2.31. The van der Waals surface area contributed by atoms with E-state index in [2.05, 4.69) is 0 Å².